The molecule has 0 aliphatic heterocycles. The summed E-state index contributed by atoms with van der Waals surface area (Å²) in [7, 11) is 1.59. The van der Waals surface area contributed by atoms with Gasteiger partial charge in [0.05, 0.1) is 5.69 Å². The zero-order chi connectivity index (χ0) is 12.8. The van der Waals surface area contributed by atoms with Crippen LogP contribution in [0, 0.1) is 5.92 Å². The van der Waals surface area contributed by atoms with Gasteiger partial charge in [-0.15, -0.1) is 0 Å². The molecule has 96 valence electrons. The molecular weight excluding hydrogens is 218 g/mol. The van der Waals surface area contributed by atoms with Crippen LogP contribution in [0.2, 0.25) is 0 Å². The molecule has 0 spiro atoms. The van der Waals surface area contributed by atoms with Gasteiger partial charge in [-0.25, -0.2) is 4.98 Å². The first kappa shape index (κ1) is 13.9. The lowest BCUT2D eigenvalue weighted by atomic mass is 10.2. The number of ether oxygens (including phenoxy) is 1. The molecule has 1 heterocycles. The number of H-pyrrole nitrogens is 1. The van der Waals surface area contributed by atoms with E-state index in [4.69, 9.17) is 4.74 Å². The molecule has 2 N–H and O–H groups in total. The van der Waals surface area contributed by atoms with Crippen LogP contribution in [0.3, 0.4) is 0 Å². The summed E-state index contributed by atoms with van der Waals surface area (Å²) in [5.41, 5.74) is 0.605. The van der Waals surface area contributed by atoms with Gasteiger partial charge in [-0.2, -0.15) is 0 Å². The van der Waals surface area contributed by atoms with Crippen LogP contribution in [0.4, 0.5) is 0 Å². The van der Waals surface area contributed by atoms with Crippen LogP contribution in [0.25, 0.3) is 0 Å². The zero-order valence-corrected chi connectivity index (χ0v) is 10.9. The van der Waals surface area contributed by atoms with Crippen molar-refractivity contribution in [1.82, 2.24) is 15.3 Å². The topological polar surface area (TPSA) is 67.0 Å². The minimum atomic E-state index is -0.201. The summed E-state index contributed by atoms with van der Waals surface area (Å²) in [6.45, 7) is 7.63. The van der Waals surface area contributed by atoms with Crippen molar-refractivity contribution >= 4 is 0 Å². The molecule has 0 aliphatic rings. The Morgan fingerprint density at radius 3 is 2.76 bits per heavy atom. The summed E-state index contributed by atoms with van der Waals surface area (Å²) >= 11 is 0. The van der Waals surface area contributed by atoms with Crippen molar-refractivity contribution in [3.05, 3.63) is 27.9 Å². The second kappa shape index (κ2) is 6.51. The summed E-state index contributed by atoms with van der Waals surface area (Å²) < 4.78 is 5.14. The lowest BCUT2D eigenvalue weighted by Gasteiger charge is -2.11. The SMILES string of the molecule is COC(C)c1nc(CNCC(C)C)cc(=O)[nH]1. The fourth-order valence-corrected chi connectivity index (χ4v) is 1.41. The van der Waals surface area contributed by atoms with Gasteiger partial charge < -0.3 is 15.0 Å². The second-order valence-corrected chi connectivity index (χ2v) is 4.52. The minimum Gasteiger partial charge on any atom is -0.374 e. The van der Waals surface area contributed by atoms with Crippen LogP contribution in [0.1, 0.15) is 38.4 Å². The third kappa shape index (κ3) is 4.66. The Morgan fingerprint density at radius 1 is 1.47 bits per heavy atom. The van der Waals surface area contributed by atoms with Crippen LogP contribution in [0.15, 0.2) is 10.9 Å². The van der Waals surface area contributed by atoms with Crippen LogP contribution < -0.4 is 10.9 Å². The summed E-state index contributed by atoms with van der Waals surface area (Å²) in [5.74, 6) is 1.15. The van der Waals surface area contributed by atoms with E-state index in [0.29, 0.717) is 18.3 Å². The van der Waals surface area contributed by atoms with E-state index in [1.807, 2.05) is 6.92 Å². The number of nitrogens with one attached hydrogen (secondary N) is 2. The first-order valence-electron chi connectivity index (χ1n) is 5.86. The maximum atomic E-state index is 11.4. The van der Waals surface area contributed by atoms with Crippen molar-refractivity contribution in [3.8, 4) is 0 Å². The number of aromatic nitrogens is 2. The molecule has 0 bridgehead atoms. The largest absolute Gasteiger partial charge is 0.374 e. The van der Waals surface area contributed by atoms with E-state index >= 15 is 0 Å². The zero-order valence-electron chi connectivity index (χ0n) is 10.9. The quantitative estimate of drug-likeness (QED) is 0.783. The van der Waals surface area contributed by atoms with Crippen molar-refractivity contribution in [2.75, 3.05) is 13.7 Å². The average molecular weight is 239 g/mol. The Morgan fingerprint density at radius 2 is 2.18 bits per heavy atom. The lowest BCUT2D eigenvalue weighted by molar-refractivity contribution is 0.111. The van der Waals surface area contributed by atoms with Gasteiger partial charge in [-0.1, -0.05) is 13.8 Å². The van der Waals surface area contributed by atoms with Gasteiger partial charge in [0.2, 0.25) is 0 Å². The molecule has 0 aromatic carbocycles. The summed E-state index contributed by atoms with van der Waals surface area (Å²) in [4.78, 5) is 18.5. The molecule has 1 aromatic heterocycles. The van der Waals surface area contributed by atoms with Gasteiger partial charge in [0.25, 0.3) is 5.56 Å². The Bertz CT molecular complexity index is 401. The molecule has 0 radical (unpaired) electrons. The molecule has 1 atom stereocenters. The fraction of sp³-hybridized carbons (Fsp3) is 0.667. The Hall–Kier alpha value is -1.20. The van der Waals surface area contributed by atoms with Gasteiger partial charge in [0.1, 0.15) is 11.9 Å². The monoisotopic (exact) mass is 239 g/mol. The number of rotatable bonds is 6. The molecular formula is C12H21N3O2. The van der Waals surface area contributed by atoms with Crippen LogP contribution in [-0.4, -0.2) is 23.6 Å². The highest BCUT2D eigenvalue weighted by atomic mass is 16.5. The number of methoxy groups -OCH3 is 1. The van der Waals surface area contributed by atoms with E-state index in [0.717, 1.165) is 12.2 Å². The Labute approximate surface area is 102 Å². The van der Waals surface area contributed by atoms with Crippen molar-refractivity contribution in [2.24, 2.45) is 5.92 Å². The maximum absolute atomic E-state index is 11.4. The summed E-state index contributed by atoms with van der Waals surface area (Å²) in [6, 6.07) is 1.51. The number of hydrogen-bond acceptors (Lipinski definition) is 4. The normalized spacial score (nSPS) is 13.0. The number of aromatic amines is 1. The molecule has 5 heteroatoms. The molecule has 5 nitrogen and oxygen atoms in total. The number of hydrogen-bond donors (Lipinski definition) is 2. The molecule has 0 amide bonds. The van der Waals surface area contributed by atoms with Crippen LogP contribution in [0.5, 0.6) is 0 Å². The fourth-order valence-electron chi connectivity index (χ4n) is 1.41. The standard InChI is InChI=1S/C12H21N3O2/c1-8(2)6-13-7-10-5-11(16)15-12(14-10)9(3)17-4/h5,8-9,13H,6-7H2,1-4H3,(H,14,15,16). The molecule has 17 heavy (non-hydrogen) atoms. The van der Waals surface area contributed by atoms with Gasteiger partial charge in [0.15, 0.2) is 0 Å². The highest BCUT2D eigenvalue weighted by Crippen LogP contribution is 2.08. The van der Waals surface area contributed by atoms with E-state index in [-0.39, 0.29) is 11.7 Å². The van der Waals surface area contributed by atoms with Crippen molar-refractivity contribution < 1.29 is 4.74 Å². The van der Waals surface area contributed by atoms with Crippen molar-refractivity contribution in [1.29, 1.82) is 0 Å². The van der Waals surface area contributed by atoms with Gasteiger partial charge in [-0.3, -0.25) is 4.79 Å². The predicted molar refractivity (Wildman–Crippen MR) is 66.8 cm³/mol. The van der Waals surface area contributed by atoms with Crippen molar-refractivity contribution in [3.63, 3.8) is 0 Å². The molecule has 1 aromatic rings. The Kier molecular flexibility index (Phi) is 5.31. The van der Waals surface area contributed by atoms with Gasteiger partial charge >= 0.3 is 0 Å². The van der Waals surface area contributed by atoms with E-state index in [1.165, 1.54) is 6.07 Å². The van der Waals surface area contributed by atoms with E-state index < -0.39 is 0 Å². The molecule has 0 saturated heterocycles. The smallest absolute Gasteiger partial charge is 0.251 e. The van der Waals surface area contributed by atoms with Crippen LogP contribution in [-0.2, 0) is 11.3 Å². The van der Waals surface area contributed by atoms with Crippen LogP contribution >= 0.6 is 0 Å². The minimum absolute atomic E-state index is 0.139. The maximum Gasteiger partial charge on any atom is 0.251 e. The van der Waals surface area contributed by atoms with E-state index in [2.05, 4.69) is 29.1 Å². The first-order chi connectivity index (χ1) is 8.02. The molecule has 0 aliphatic carbocycles. The predicted octanol–water partition coefficient (Wildman–Crippen LogP) is 1.22. The third-order valence-corrected chi connectivity index (χ3v) is 2.41. The first-order valence-corrected chi connectivity index (χ1v) is 5.86. The second-order valence-electron chi connectivity index (χ2n) is 4.52. The summed E-state index contributed by atoms with van der Waals surface area (Å²) in [6.07, 6.45) is -0.201. The van der Waals surface area contributed by atoms with Crippen molar-refractivity contribution in [2.45, 2.75) is 33.4 Å². The van der Waals surface area contributed by atoms with Gasteiger partial charge in [-0.05, 0) is 19.4 Å². The molecule has 0 saturated carbocycles. The highest BCUT2D eigenvalue weighted by Gasteiger charge is 2.08. The third-order valence-electron chi connectivity index (χ3n) is 2.41. The van der Waals surface area contributed by atoms with E-state index in [1.54, 1.807) is 7.11 Å². The molecule has 0 fully saturated rings. The van der Waals surface area contributed by atoms with Gasteiger partial charge in [0, 0.05) is 19.7 Å². The van der Waals surface area contributed by atoms with E-state index in [9.17, 15) is 4.79 Å². The summed E-state index contributed by atoms with van der Waals surface area (Å²) in [5, 5.41) is 3.26. The lowest BCUT2D eigenvalue weighted by Crippen LogP contribution is -2.22. The Balaban J connectivity index is 2.72. The number of nitrogens with zero attached hydrogens (tertiary/aromatic N) is 1. The highest BCUT2D eigenvalue weighted by molar-refractivity contribution is 5.04. The molecule has 1 rings (SSSR count). The molecule has 1 unspecified atom stereocenters. The average Bonchev–Trinajstić information content (AvgIpc) is 2.26.